The van der Waals surface area contributed by atoms with Gasteiger partial charge in [-0.15, -0.1) is 0 Å². The molecule has 0 radical (unpaired) electrons. The molecule has 2 aliphatic rings. The zero-order chi connectivity index (χ0) is 11.1. The Morgan fingerprint density at radius 2 is 2.07 bits per heavy atom. The van der Waals surface area contributed by atoms with E-state index in [1.807, 2.05) is 0 Å². The molecule has 0 aromatic heterocycles. The summed E-state index contributed by atoms with van der Waals surface area (Å²) < 4.78 is 0. The second-order valence-corrected chi connectivity index (χ2v) is 6.01. The van der Waals surface area contributed by atoms with Crippen molar-refractivity contribution >= 4 is 0 Å². The fourth-order valence-electron chi connectivity index (χ4n) is 3.28. The van der Waals surface area contributed by atoms with Crippen LogP contribution in [0.25, 0.3) is 0 Å². The molecule has 0 saturated carbocycles. The van der Waals surface area contributed by atoms with Crippen LogP contribution in [0.3, 0.4) is 0 Å². The van der Waals surface area contributed by atoms with Crippen molar-refractivity contribution in [3.63, 3.8) is 0 Å². The van der Waals surface area contributed by atoms with Gasteiger partial charge in [-0.25, -0.2) is 0 Å². The summed E-state index contributed by atoms with van der Waals surface area (Å²) in [6.07, 6.45) is 10.4. The molecule has 0 saturated heterocycles. The van der Waals surface area contributed by atoms with Crippen LogP contribution in [0.1, 0.15) is 53.4 Å². The van der Waals surface area contributed by atoms with Crippen LogP contribution in [0.5, 0.6) is 0 Å². The van der Waals surface area contributed by atoms with E-state index in [0.717, 1.165) is 11.8 Å². The van der Waals surface area contributed by atoms with Crippen LogP contribution in [-0.2, 0) is 0 Å². The number of hydrogen-bond acceptors (Lipinski definition) is 0. The van der Waals surface area contributed by atoms with Gasteiger partial charge in [0, 0.05) is 5.92 Å². The number of hydrogen-bond donors (Lipinski definition) is 0. The summed E-state index contributed by atoms with van der Waals surface area (Å²) in [6.45, 7) is 9.47. The van der Waals surface area contributed by atoms with Gasteiger partial charge in [0.2, 0.25) is 0 Å². The topological polar surface area (TPSA) is 0 Å². The van der Waals surface area contributed by atoms with Gasteiger partial charge in [0.25, 0.3) is 0 Å². The Morgan fingerprint density at radius 3 is 2.73 bits per heavy atom. The predicted molar refractivity (Wildman–Crippen MR) is 66.7 cm³/mol. The monoisotopic (exact) mass is 204 g/mol. The van der Waals surface area contributed by atoms with E-state index in [9.17, 15) is 0 Å². The highest BCUT2D eigenvalue weighted by atomic mass is 14.4. The quantitative estimate of drug-likeness (QED) is 0.542. The maximum Gasteiger partial charge on any atom is 0.00308 e. The second-order valence-electron chi connectivity index (χ2n) is 6.01. The summed E-state index contributed by atoms with van der Waals surface area (Å²) in [5.74, 6) is 1.47. The van der Waals surface area contributed by atoms with Crippen molar-refractivity contribution in [2.24, 2.45) is 17.3 Å². The van der Waals surface area contributed by atoms with Gasteiger partial charge in [-0.2, -0.15) is 0 Å². The van der Waals surface area contributed by atoms with Crippen LogP contribution in [0.4, 0.5) is 0 Å². The summed E-state index contributed by atoms with van der Waals surface area (Å²) in [6, 6.07) is 0. The lowest BCUT2D eigenvalue weighted by Gasteiger charge is -2.44. The standard InChI is InChI=1S/C15H24/c1-11(2)13-7-9-15(4)8-5-6-12(3)14(15)10-13/h6,10-11,14H,5,7-9H2,1-4H3/t14-,15-/m1/s1. The molecule has 0 N–H and O–H groups in total. The molecule has 0 unspecified atom stereocenters. The van der Waals surface area contributed by atoms with Crippen LogP contribution in [0.15, 0.2) is 23.3 Å². The first-order valence-corrected chi connectivity index (χ1v) is 6.40. The molecular weight excluding hydrogens is 180 g/mol. The van der Waals surface area contributed by atoms with E-state index in [4.69, 9.17) is 0 Å². The number of fused-ring (bicyclic) bond motifs is 1. The highest BCUT2D eigenvalue weighted by Crippen LogP contribution is 2.50. The molecule has 2 atom stereocenters. The van der Waals surface area contributed by atoms with E-state index in [0.29, 0.717) is 5.41 Å². The molecule has 0 nitrogen and oxygen atoms in total. The molecular formula is C15H24. The highest BCUT2D eigenvalue weighted by Gasteiger charge is 2.38. The third kappa shape index (κ3) is 1.91. The van der Waals surface area contributed by atoms with Crippen LogP contribution >= 0.6 is 0 Å². The molecule has 0 aromatic rings. The molecule has 0 aromatic carbocycles. The summed E-state index contributed by atoms with van der Waals surface area (Å²) in [5.41, 5.74) is 3.87. The smallest absolute Gasteiger partial charge is 0.00308 e. The van der Waals surface area contributed by atoms with Crippen molar-refractivity contribution in [3.05, 3.63) is 23.3 Å². The Hall–Kier alpha value is -0.520. The van der Waals surface area contributed by atoms with Gasteiger partial charge in [-0.05, 0) is 43.9 Å². The first-order chi connectivity index (χ1) is 7.03. The van der Waals surface area contributed by atoms with Crippen molar-refractivity contribution in [3.8, 4) is 0 Å². The minimum absolute atomic E-state index is 0.567. The molecule has 0 spiro atoms. The van der Waals surface area contributed by atoms with Gasteiger partial charge < -0.3 is 0 Å². The van der Waals surface area contributed by atoms with E-state index >= 15 is 0 Å². The fraction of sp³-hybridized carbons (Fsp3) is 0.733. The van der Waals surface area contributed by atoms with Gasteiger partial charge >= 0.3 is 0 Å². The van der Waals surface area contributed by atoms with E-state index in [1.54, 1.807) is 11.1 Å². The third-order valence-corrected chi connectivity index (χ3v) is 4.53. The maximum absolute atomic E-state index is 2.58. The Kier molecular flexibility index (Phi) is 2.79. The lowest BCUT2D eigenvalue weighted by Crippen LogP contribution is -2.33. The highest BCUT2D eigenvalue weighted by molar-refractivity contribution is 5.26. The van der Waals surface area contributed by atoms with E-state index in [-0.39, 0.29) is 0 Å². The third-order valence-electron chi connectivity index (χ3n) is 4.53. The number of allylic oxidation sites excluding steroid dienone is 4. The SMILES string of the molecule is CC1=CCC[C@]2(C)CCC(C(C)C)=C[C@H]12. The summed E-state index contributed by atoms with van der Waals surface area (Å²) in [7, 11) is 0. The van der Waals surface area contributed by atoms with Gasteiger partial charge in [-0.3, -0.25) is 0 Å². The Labute approximate surface area is 94.5 Å². The molecule has 0 heterocycles. The Morgan fingerprint density at radius 1 is 1.33 bits per heavy atom. The summed E-state index contributed by atoms with van der Waals surface area (Å²) >= 11 is 0. The van der Waals surface area contributed by atoms with Gasteiger partial charge in [-0.1, -0.05) is 44.1 Å². The average Bonchev–Trinajstić information content (AvgIpc) is 2.17. The summed E-state index contributed by atoms with van der Waals surface area (Å²) in [5, 5.41) is 0. The van der Waals surface area contributed by atoms with Gasteiger partial charge in [0.1, 0.15) is 0 Å². The first kappa shape index (κ1) is 11.0. The first-order valence-electron chi connectivity index (χ1n) is 6.40. The Bertz CT molecular complexity index is 306. The van der Waals surface area contributed by atoms with Crippen molar-refractivity contribution in [2.45, 2.75) is 53.4 Å². The lowest BCUT2D eigenvalue weighted by molar-refractivity contribution is 0.189. The van der Waals surface area contributed by atoms with E-state index < -0.39 is 0 Å². The Balaban J connectivity index is 2.32. The zero-order valence-corrected chi connectivity index (χ0v) is 10.6. The fourth-order valence-corrected chi connectivity index (χ4v) is 3.28. The normalized spacial score (nSPS) is 35.9. The van der Waals surface area contributed by atoms with Crippen molar-refractivity contribution in [1.82, 2.24) is 0 Å². The van der Waals surface area contributed by atoms with E-state index in [2.05, 4.69) is 39.8 Å². The minimum atomic E-state index is 0.567. The van der Waals surface area contributed by atoms with Crippen LogP contribution in [0, 0.1) is 17.3 Å². The molecule has 0 bridgehead atoms. The predicted octanol–water partition coefficient (Wildman–Crippen LogP) is 4.73. The molecule has 15 heavy (non-hydrogen) atoms. The molecule has 0 fully saturated rings. The lowest BCUT2D eigenvalue weighted by atomic mass is 9.61. The maximum atomic E-state index is 2.58. The van der Waals surface area contributed by atoms with Crippen molar-refractivity contribution < 1.29 is 0 Å². The van der Waals surface area contributed by atoms with Gasteiger partial charge in [0.05, 0.1) is 0 Å². The molecule has 2 rings (SSSR count). The summed E-state index contributed by atoms with van der Waals surface area (Å²) in [4.78, 5) is 0. The molecule has 2 aliphatic carbocycles. The van der Waals surface area contributed by atoms with Crippen molar-refractivity contribution in [1.29, 1.82) is 0 Å². The van der Waals surface area contributed by atoms with Crippen LogP contribution in [0.2, 0.25) is 0 Å². The molecule has 84 valence electrons. The van der Waals surface area contributed by atoms with Crippen LogP contribution < -0.4 is 0 Å². The molecule has 0 heteroatoms. The van der Waals surface area contributed by atoms with Crippen molar-refractivity contribution in [2.75, 3.05) is 0 Å². The zero-order valence-electron chi connectivity index (χ0n) is 10.6. The van der Waals surface area contributed by atoms with E-state index in [1.165, 1.54) is 25.7 Å². The largest absolute Gasteiger partial charge is 0.0850 e. The number of rotatable bonds is 1. The van der Waals surface area contributed by atoms with Gasteiger partial charge in [0.15, 0.2) is 0 Å². The molecule has 0 amide bonds. The average molecular weight is 204 g/mol. The molecule has 0 aliphatic heterocycles. The second kappa shape index (κ2) is 3.81. The van der Waals surface area contributed by atoms with Crippen LogP contribution in [-0.4, -0.2) is 0 Å². The minimum Gasteiger partial charge on any atom is -0.0850 e.